The van der Waals surface area contributed by atoms with Gasteiger partial charge in [0.15, 0.2) is 11.6 Å². The van der Waals surface area contributed by atoms with Gasteiger partial charge < -0.3 is 14.2 Å². The average molecular weight is 505 g/mol. The molecule has 0 amide bonds. The molecule has 9 nitrogen and oxygen atoms in total. The molecule has 1 aliphatic rings. The lowest BCUT2D eigenvalue weighted by Gasteiger charge is -2.35. The molecule has 5 rings (SSSR count). The fourth-order valence-corrected chi connectivity index (χ4v) is 4.48. The molecule has 4 aromatic rings. The Kier molecular flexibility index (Phi) is 8.71. The van der Waals surface area contributed by atoms with E-state index in [0.29, 0.717) is 0 Å². The Morgan fingerprint density at radius 1 is 1.00 bits per heavy atom. The maximum absolute atomic E-state index is 5.42. The summed E-state index contributed by atoms with van der Waals surface area (Å²) < 4.78 is 9.74. The van der Waals surface area contributed by atoms with Gasteiger partial charge >= 0.3 is 0 Å². The Morgan fingerprint density at radius 3 is 2.50 bits per heavy atom. The Hall–Kier alpha value is -2.88. The number of hydrogen-bond donors (Lipinski definition) is 0. The number of benzene rings is 1. The Labute approximate surface area is 211 Å². The highest BCUT2D eigenvalue weighted by Gasteiger charge is 2.20. The van der Waals surface area contributed by atoms with Crippen LogP contribution in [0.25, 0.3) is 16.6 Å². The molecular weight excluding hydrogens is 475 g/mol. The second-order valence-corrected chi connectivity index (χ2v) is 8.17. The number of nitrogens with zero attached hydrogens (tertiary/aromatic N) is 8. The molecular formula is C23H30Cl2N8O. The summed E-state index contributed by atoms with van der Waals surface area (Å²) in [7, 11) is 1.67. The van der Waals surface area contributed by atoms with Crippen molar-refractivity contribution < 1.29 is 4.74 Å². The SMILES string of the molecule is COc1cncnc1N1CCN(CCCn2cc(C)c3ccc(-n4cnnc4)cc32)CC1.Cl.Cl. The summed E-state index contributed by atoms with van der Waals surface area (Å²) in [6, 6.07) is 6.53. The number of rotatable bonds is 7. The van der Waals surface area contributed by atoms with Crippen molar-refractivity contribution >= 4 is 41.5 Å². The predicted molar refractivity (Wildman–Crippen MR) is 138 cm³/mol. The summed E-state index contributed by atoms with van der Waals surface area (Å²) in [5, 5.41) is 9.15. The third-order valence-electron chi connectivity index (χ3n) is 6.21. The number of methoxy groups -OCH3 is 1. The molecule has 0 spiro atoms. The fraction of sp³-hybridized carbons (Fsp3) is 0.391. The molecule has 4 heterocycles. The van der Waals surface area contributed by atoms with Crippen LogP contribution >= 0.6 is 24.8 Å². The van der Waals surface area contributed by atoms with Crippen LogP contribution in [-0.2, 0) is 6.54 Å². The van der Waals surface area contributed by atoms with E-state index in [9.17, 15) is 0 Å². The van der Waals surface area contributed by atoms with Crippen LogP contribution in [0.3, 0.4) is 0 Å². The van der Waals surface area contributed by atoms with E-state index in [1.807, 2.05) is 4.57 Å². The van der Waals surface area contributed by atoms with E-state index >= 15 is 0 Å². The van der Waals surface area contributed by atoms with Gasteiger partial charge in [0.05, 0.1) is 24.5 Å². The third-order valence-corrected chi connectivity index (χ3v) is 6.21. The second kappa shape index (κ2) is 11.5. The smallest absolute Gasteiger partial charge is 0.179 e. The highest BCUT2D eigenvalue weighted by atomic mass is 35.5. The van der Waals surface area contributed by atoms with Gasteiger partial charge in [0.2, 0.25) is 0 Å². The Bertz CT molecular complexity index is 1190. The zero-order valence-corrected chi connectivity index (χ0v) is 21.0. The largest absolute Gasteiger partial charge is 0.491 e. The van der Waals surface area contributed by atoms with Crippen molar-refractivity contribution in [1.29, 1.82) is 0 Å². The monoisotopic (exact) mass is 504 g/mol. The lowest BCUT2D eigenvalue weighted by molar-refractivity contribution is 0.249. The number of aromatic nitrogens is 6. The van der Waals surface area contributed by atoms with Gasteiger partial charge in [0, 0.05) is 44.3 Å². The van der Waals surface area contributed by atoms with Crippen LogP contribution in [0.15, 0.2) is 49.6 Å². The molecule has 0 atom stereocenters. The van der Waals surface area contributed by atoms with Crippen molar-refractivity contribution in [3.8, 4) is 11.4 Å². The van der Waals surface area contributed by atoms with Crippen LogP contribution in [-0.4, -0.2) is 74.0 Å². The molecule has 182 valence electrons. The van der Waals surface area contributed by atoms with Gasteiger partial charge in [-0.15, -0.1) is 35.0 Å². The summed E-state index contributed by atoms with van der Waals surface area (Å²) in [5.41, 5.74) is 3.65. The summed E-state index contributed by atoms with van der Waals surface area (Å²) in [6.45, 7) is 8.20. The molecule has 1 aliphatic heterocycles. The topological polar surface area (TPSA) is 77.1 Å². The quantitative estimate of drug-likeness (QED) is 0.381. The van der Waals surface area contributed by atoms with Crippen LogP contribution in [0.2, 0.25) is 0 Å². The van der Waals surface area contributed by atoms with Crippen molar-refractivity contribution in [2.45, 2.75) is 19.9 Å². The molecule has 0 N–H and O–H groups in total. The van der Waals surface area contributed by atoms with E-state index in [1.54, 1.807) is 32.3 Å². The van der Waals surface area contributed by atoms with E-state index in [1.165, 1.54) is 16.5 Å². The van der Waals surface area contributed by atoms with Gasteiger partial charge in [0.1, 0.15) is 19.0 Å². The van der Waals surface area contributed by atoms with E-state index < -0.39 is 0 Å². The first-order valence-corrected chi connectivity index (χ1v) is 11.0. The van der Waals surface area contributed by atoms with Gasteiger partial charge in [-0.25, -0.2) is 9.97 Å². The molecule has 0 saturated carbocycles. The fourth-order valence-electron chi connectivity index (χ4n) is 4.48. The van der Waals surface area contributed by atoms with E-state index in [-0.39, 0.29) is 24.8 Å². The normalized spacial score (nSPS) is 14.0. The minimum atomic E-state index is 0. The first-order chi connectivity index (χ1) is 15.7. The van der Waals surface area contributed by atoms with Crippen LogP contribution in [0.5, 0.6) is 5.75 Å². The Balaban J connectivity index is 0.00000162. The number of halogens is 2. The standard InChI is InChI=1S/C23H28N8O.2ClH/c1-18-14-30(21-12-19(4-5-20(18)21)31-16-26-27-17-31)7-3-6-28-8-10-29(11-9-28)23-22(32-2)13-24-15-25-23;;/h4-5,12-17H,3,6-11H2,1-2H3;2*1H. The average Bonchev–Trinajstić information content (AvgIpc) is 3.48. The summed E-state index contributed by atoms with van der Waals surface area (Å²) in [5.74, 6) is 1.63. The van der Waals surface area contributed by atoms with Crippen LogP contribution < -0.4 is 9.64 Å². The summed E-state index contributed by atoms with van der Waals surface area (Å²) in [4.78, 5) is 13.3. The van der Waals surface area contributed by atoms with Gasteiger partial charge in [-0.3, -0.25) is 9.47 Å². The summed E-state index contributed by atoms with van der Waals surface area (Å²) in [6.07, 6.45) is 10.2. The highest BCUT2D eigenvalue weighted by molar-refractivity contribution is 5.86. The molecule has 1 fully saturated rings. The first-order valence-electron chi connectivity index (χ1n) is 11.0. The molecule has 34 heavy (non-hydrogen) atoms. The van der Waals surface area contributed by atoms with Crippen molar-refractivity contribution in [1.82, 2.24) is 34.2 Å². The molecule has 3 aromatic heterocycles. The minimum absolute atomic E-state index is 0. The van der Waals surface area contributed by atoms with Gasteiger partial charge in [-0.2, -0.15) is 0 Å². The number of ether oxygens (including phenoxy) is 1. The molecule has 11 heteroatoms. The van der Waals surface area contributed by atoms with Crippen molar-refractivity contribution in [3.63, 3.8) is 0 Å². The van der Waals surface area contributed by atoms with Crippen molar-refractivity contribution in [2.75, 3.05) is 44.7 Å². The third kappa shape index (κ3) is 5.27. The van der Waals surface area contributed by atoms with E-state index in [0.717, 1.165) is 62.9 Å². The number of piperazine rings is 1. The summed E-state index contributed by atoms with van der Waals surface area (Å²) >= 11 is 0. The number of aryl methyl sites for hydroxylation is 2. The van der Waals surface area contributed by atoms with Crippen molar-refractivity contribution in [3.05, 3.63) is 55.1 Å². The predicted octanol–water partition coefficient (Wildman–Crippen LogP) is 3.38. The highest BCUT2D eigenvalue weighted by Crippen LogP contribution is 2.26. The van der Waals surface area contributed by atoms with Crippen molar-refractivity contribution in [2.24, 2.45) is 0 Å². The molecule has 0 aliphatic carbocycles. The molecule has 0 radical (unpaired) electrons. The number of hydrogen-bond acceptors (Lipinski definition) is 7. The zero-order valence-electron chi connectivity index (χ0n) is 19.4. The number of fused-ring (bicyclic) bond motifs is 1. The van der Waals surface area contributed by atoms with Gasteiger partial charge in [0.25, 0.3) is 0 Å². The zero-order chi connectivity index (χ0) is 21.9. The van der Waals surface area contributed by atoms with E-state index in [2.05, 4.69) is 65.9 Å². The second-order valence-electron chi connectivity index (χ2n) is 8.17. The maximum atomic E-state index is 5.42. The van der Waals surface area contributed by atoms with Crippen LogP contribution in [0.4, 0.5) is 5.82 Å². The molecule has 1 saturated heterocycles. The van der Waals surface area contributed by atoms with Gasteiger partial charge in [-0.1, -0.05) is 6.07 Å². The lowest BCUT2D eigenvalue weighted by atomic mass is 10.2. The molecule has 0 unspecified atom stereocenters. The Morgan fingerprint density at radius 2 is 1.76 bits per heavy atom. The number of anilines is 1. The molecule has 1 aromatic carbocycles. The molecule has 0 bridgehead atoms. The lowest BCUT2D eigenvalue weighted by Crippen LogP contribution is -2.47. The van der Waals surface area contributed by atoms with Gasteiger partial charge in [-0.05, 0) is 37.6 Å². The first kappa shape index (κ1) is 25.7. The minimum Gasteiger partial charge on any atom is -0.491 e. The van der Waals surface area contributed by atoms with Crippen LogP contribution in [0.1, 0.15) is 12.0 Å². The van der Waals surface area contributed by atoms with E-state index in [4.69, 9.17) is 4.74 Å². The maximum Gasteiger partial charge on any atom is 0.179 e. The van der Waals surface area contributed by atoms with Crippen LogP contribution in [0, 0.1) is 6.92 Å².